The van der Waals surface area contributed by atoms with Gasteiger partial charge in [-0.05, 0) is 24.7 Å². The van der Waals surface area contributed by atoms with Crippen molar-refractivity contribution in [2.75, 3.05) is 6.54 Å². The number of benzene rings is 1. The van der Waals surface area contributed by atoms with Crippen LogP contribution in [0.1, 0.15) is 12.6 Å². The van der Waals surface area contributed by atoms with Crippen molar-refractivity contribution in [3.63, 3.8) is 0 Å². The lowest BCUT2D eigenvalue weighted by atomic mass is 10.2. The second-order valence-corrected chi connectivity index (χ2v) is 3.96. The molecule has 6 nitrogen and oxygen atoms in total. The Bertz CT molecular complexity index is 569. The van der Waals surface area contributed by atoms with Gasteiger partial charge in [0.05, 0.1) is 10.6 Å². The van der Waals surface area contributed by atoms with Gasteiger partial charge < -0.3 is 5.32 Å². The highest BCUT2D eigenvalue weighted by Gasteiger charge is 2.07. The molecular weight excluding hydrogens is 244 g/mol. The molecule has 0 saturated heterocycles. The number of nitrogens with one attached hydrogen (secondary N) is 1. The van der Waals surface area contributed by atoms with E-state index in [1.54, 1.807) is 18.3 Å². The minimum absolute atomic E-state index is 0.0626. The first-order valence-electron chi connectivity index (χ1n) is 5.98. The largest absolute Gasteiger partial charge is 0.311 e. The molecule has 0 spiro atoms. The first kappa shape index (κ1) is 13.1. The number of non-ortho nitro benzene ring substituents is 1. The lowest BCUT2D eigenvalue weighted by Gasteiger charge is -2.04. The third kappa shape index (κ3) is 3.32. The zero-order chi connectivity index (χ0) is 13.7. The maximum atomic E-state index is 10.6. The highest BCUT2D eigenvalue weighted by Crippen LogP contribution is 2.19. The van der Waals surface area contributed by atoms with Crippen LogP contribution in [-0.2, 0) is 6.54 Å². The van der Waals surface area contributed by atoms with Crippen molar-refractivity contribution in [2.24, 2.45) is 0 Å². The van der Waals surface area contributed by atoms with Crippen molar-refractivity contribution in [1.29, 1.82) is 0 Å². The van der Waals surface area contributed by atoms with Gasteiger partial charge in [0.25, 0.3) is 5.69 Å². The zero-order valence-corrected chi connectivity index (χ0v) is 10.5. The van der Waals surface area contributed by atoms with Gasteiger partial charge in [0.2, 0.25) is 0 Å². The minimum Gasteiger partial charge on any atom is -0.311 e. The van der Waals surface area contributed by atoms with Crippen LogP contribution in [0, 0.1) is 10.1 Å². The van der Waals surface area contributed by atoms with Crippen molar-refractivity contribution in [1.82, 2.24) is 15.3 Å². The van der Waals surface area contributed by atoms with E-state index in [1.165, 1.54) is 12.1 Å². The lowest BCUT2D eigenvalue weighted by molar-refractivity contribution is -0.384. The number of nitro groups is 1. The predicted molar refractivity (Wildman–Crippen MR) is 71.5 cm³/mol. The fraction of sp³-hybridized carbons (Fsp3) is 0.231. The normalized spacial score (nSPS) is 10.4. The minimum atomic E-state index is -0.424. The number of aromatic nitrogens is 2. The van der Waals surface area contributed by atoms with Crippen molar-refractivity contribution < 1.29 is 4.92 Å². The monoisotopic (exact) mass is 258 g/mol. The number of nitrogens with zero attached hydrogens (tertiary/aromatic N) is 3. The summed E-state index contributed by atoms with van der Waals surface area (Å²) in [6.07, 6.45) is 1.69. The smallest absolute Gasteiger partial charge is 0.269 e. The molecule has 1 heterocycles. The van der Waals surface area contributed by atoms with Gasteiger partial charge in [-0.3, -0.25) is 10.1 Å². The van der Waals surface area contributed by atoms with E-state index in [-0.39, 0.29) is 5.69 Å². The van der Waals surface area contributed by atoms with E-state index in [1.807, 2.05) is 13.0 Å². The summed E-state index contributed by atoms with van der Waals surface area (Å²) >= 11 is 0. The molecule has 0 atom stereocenters. The van der Waals surface area contributed by atoms with Crippen LogP contribution in [-0.4, -0.2) is 21.4 Å². The van der Waals surface area contributed by atoms with Gasteiger partial charge in [0, 0.05) is 30.4 Å². The highest BCUT2D eigenvalue weighted by molar-refractivity contribution is 5.57. The van der Waals surface area contributed by atoms with Crippen LogP contribution in [0.5, 0.6) is 0 Å². The standard InChI is InChI=1S/C13H14N4O2/c1-2-14-9-11-7-8-15-13(16-11)10-3-5-12(6-4-10)17(18)19/h3-8,14H,2,9H2,1H3. The average Bonchev–Trinajstić information content (AvgIpc) is 2.45. The van der Waals surface area contributed by atoms with E-state index < -0.39 is 4.92 Å². The molecule has 0 bridgehead atoms. The van der Waals surface area contributed by atoms with Crippen LogP contribution >= 0.6 is 0 Å². The quantitative estimate of drug-likeness (QED) is 0.656. The van der Waals surface area contributed by atoms with Gasteiger partial charge in [-0.15, -0.1) is 0 Å². The Balaban J connectivity index is 2.23. The van der Waals surface area contributed by atoms with E-state index in [0.29, 0.717) is 12.4 Å². The third-order valence-electron chi connectivity index (χ3n) is 2.61. The summed E-state index contributed by atoms with van der Waals surface area (Å²) in [6.45, 7) is 3.58. The van der Waals surface area contributed by atoms with Crippen molar-refractivity contribution in [3.05, 3.63) is 52.3 Å². The molecule has 0 aliphatic heterocycles. The van der Waals surface area contributed by atoms with Crippen LogP contribution in [0.15, 0.2) is 36.5 Å². The molecule has 2 rings (SSSR count). The number of hydrogen-bond donors (Lipinski definition) is 1. The maximum Gasteiger partial charge on any atom is 0.269 e. The average molecular weight is 258 g/mol. The van der Waals surface area contributed by atoms with Crippen molar-refractivity contribution in [3.8, 4) is 11.4 Å². The summed E-state index contributed by atoms with van der Waals surface area (Å²) in [7, 11) is 0. The third-order valence-corrected chi connectivity index (χ3v) is 2.61. The Kier molecular flexibility index (Phi) is 4.15. The molecule has 2 aromatic rings. The molecule has 6 heteroatoms. The molecule has 98 valence electrons. The summed E-state index contributed by atoms with van der Waals surface area (Å²) in [5.41, 5.74) is 1.72. The van der Waals surface area contributed by atoms with Crippen LogP contribution in [0.25, 0.3) is 11.4 Å². The zero-order valence-electron chi connectivity index (χ0n) is 10.5. The molecule has 0 unspecified atom stereocenters. The van der Waals surface area contributed by atoms with Crippen LogP contribution < -0.4 is 5.32 Å². The molecule has 1 aromatic heterocycles. The second kappa shape index (κ2) is 6.01. The Hall–Kier alpha value is -2.34. The van der Waals surface area contributed by atoms with Gasteiger partial charge in [0.1, 0.15) is 0 Å². The first-order chi connectivity index (χ1) is 9.20. The molecular formula is C13H14N4O2. The van der Waals surface area contributed by atoms with Crippen LogP contribution in [0.2, 0.25) is 0 Å². The van der Waals surface area contributed by atoms with Crippen LogP contribution in [0.4, 0.5) is 5.69 Å². The SMILES string of the molecule is CCNCc1ccnc(-c2ccc([N+](=O)[O-])cc2)n1. The molecule has 19 heavy (non-hydrogen) atoms. The summed E-state index contributed by atoms with van der Waals surface area (Å²) in [5, 5.41) is 13.8. The van der Waals surface area contributed by atoms with Gasteiger partial charge in [0.15, 0.2) is 5.82 Å². The lowest BCUT2D eigenvalue weighted by Crippen LogP contribution is -2.13. The predicted octanol–water partition coefficient (Wildman–Crippen LogP) is 2.16. The topological polar surface area (TPSA) is 81.0 Å². The van der Waals surface area contributed by atoms with Gasteiger partial charge in [-0.25, -0.2) is 9.97 Å². The van der Waals surface area contributed by atoms with E-state index in [9.17, 15) is 10.1 Å². The number of hydrogen-bond acceptors (Lipinski definition) is 5. The summed E-state index contributed by atoms with van der Waals surface area (Å²) in [4.78, 5) is 18.8. The molecule has 1 N–H and O–H groups in total. The number of rotatable bonds is 5. The van der Waals surface area contributed by atoms with E-state index in [0.717, 1.165) is 17.8 Å². The van der Waals surface area contributed by atoms with E-state index in [2.05, 4.69) is 15.3 Å². The van der Waals surface area contributed by atoms with Gasteiger partial charge in [-0.2, -0.15) is 0 Å². The Morgan fingerprint density at radius 2 is 2.00 bits per heavy atom. The Morgan fingerprint density at radius 1 is 1.26 bits per heavy atom. The Labute approximate surface area is 110 Å². The number of nitro benzene ring substituents is 1. The molecule has 0 radical (unpaired) electrons. The molecule has 0 aliphatic carbocycles. The van der Waals surface area contributed by atoms with Crippen molar-refractivity contribution >= 4 is 5.69 Å². The first-order valence-corrected chi connectivity index (χ1v) is 5.98. The molecule has 0 amide bonds. The fourth-order valence-corrected chi connectivity index (χ4v) is 1.62. The van der Waals surface area contributed by atoms with Crippen LogP contribution in [0.3, 0.4) is 0 Å². The molecule has 0 fully saturated rings. The van der Waals surface area contributed by atoms with E-state index in [4.69, 9.17) is 0 Å². The van der Waals surface area contributed by atoms with Gasteiger partial charge in [-0.1, -0.05) is 6.92 Å². The highest BCUT2D eigenvalue weighted by atomic mass is 16.6. The van der Waals surface area contributed by atoms with Crippen molar-refractivity contribution in [2.45, 2.75) is 13.5 Å². The fourth-order valence-electron chi connectivity index (χ4n) is 1.62. The van der Waals surface area contributed by atoms with Gasteiger partial charge >= 0.3 is 0 Å². The summed E-state index contributed by atoms with van der Waals surface area (Å²) < 4.78 is 0. The molecule has 0 aliphatic rings. The van der Waals surface area contributed by atoms with E-state index >= 15 is 0 Å². The summed E-state index contributed by atoms with van der Waals surface area (Å²) in [5.74, 6) is 0.574. The Morgan fingerprint density at radius 3 is 2.63 bits per heavy atom. The summed E-state index contributed by atoms with van der Waals surface area (Å²) in [6, 6.07) is 8.07. The molecule has 0 saturated carbocycles. The maximum absolute atomic E-state index is 10.6. The molecule has 1 aromatic carbocycles. The second-order valence-electron chi connectivity index (χ2n) is 3.96.